The van der Waals surface area contributed by atoms with Gasteiger partial charge in [-0.15, -0.1) is 0 Å². The van der Waals surface area contributed by atoms with Gasteiger partial charge in [0.2, 0.25) is 0 Å². The largest absolute Gasteiger partial charge is 0.762 e. The minimum absolute atomic E-state index is 0.126. The van der Waals surface area contributed by atoms with Crippen molar-refractivity contribution in [3.8, 4) is 11.5 Å². The molecule has 2 heterocycles. The lowest BCUT2D eigenvalue weighted by Crippen LogP contribution is -2.35. The summed E-state index contributed by atoms with van der Waals surface area (Å²) in [6.45, 7) is 0.723. The SMILES string of the molecule is COc1ccc2c(c1)cc(C[N+]1([O-])Cc3cc(CN([O-])O)cc(OC)c3C1)n2C. The van der Waals surface area contributed by atoms with Crippen LogP contribution in [0.15, 0.2) is 36.4 Å². The lowest BCUT2D eigenvalue weighted by molar-refractivity contribution is -0.913. The number of nitrogens with zero attached hydrogens (tertiary/aromatic N) is 3. The minimum Gasteiger partial charge on any atom is -0.762 e. The van der Waals surface area contributed by atoms with Gasteiger partial charge in [0.05, 0.1) is 25.5 Å². The Morgan fingerprint density at radius 2 is 1.93 bits per heavy atom. The molecule has 0 amide bonds. The van der Waals surface area contributed by atoms with Gasteiger partial charge >= 0.3 is 0 Å². The van der Waals surface area contributed by atoms with Gasteiger partial charge in [-0.1, -0.05) is 0 Å². The van der Waals surface area contributed by atoms with Crippen molar-refractivity contribution < 1.29 is 19.3 Å². The molecule has 0 aliphatic carbocycles. The second-order valence-corrected chi connectivity index (χ2v) is 7.60. The summed E-state index contributed by atoms with van der Waals surface area (Å²) < 4.78 is 12.4. The summed E-state index contributed by atoms with van der Waals surface area (Å²) in [4.78, 5) is 0. The van der Waals surface area contributed by atoms with Crippen molar-refractivity contribution >= 4 is 10.9 Å². The van der Waals surface area contributed by atoms with Gasteiger partial charge in [-0.05, 0) is 42.0 Å². The topological polar surface area (TPSA) is 93.0 Å². The van der Waals surface area contributed by atoms with Gasteiger partial charge in [0.25, 0.3) is 0 Å². The molecular formula is C21H24N3O5-. The van der Waals surface area contributed by atoms with E-state index in [1.807, 2.05) is 41.9 Å². The van der Waals surface area contributed by atoms with Crippen molar-refractivity contribution in [2.24, 2.45) is 7.05 Å². The molecule has 1 aliphatic heterocycles. The fourth-order valence-electron chi connectivity index (χ4n) is 4.24. The predicted octanol–water partition coefficient (Wildman–Crippen LogP) is 3.41. The van der Waals surface area contributed by atoms with E-state index in [4.69, 9.17) is 14.7 Å². The van der Waals surface area contributed by atoms with Gasteiger partial charge in [-0.3, -0.25) is 5.23 Å². The van der Waals surface area contributed by atoms with E-state index in [1.54, 1.807) is 20.3 Å². The first-order chi connectivity index (χ1) is 13.8. The summed E-state index contributed by atoms with van der Waals surface area (Å²) in [5, 5.41) is 34.5. The van der Waals surface area contributed by atoms with Crippen LogP contribution >= 0.6 is 0 Å². The van der Waals surface area contributed by atoms with E-state index in [9.17, 15) is 10.4 Å². The summed E-state index contributed by atoms with van der Waals surface area (Å²) in [7, 11) is 5.14. The number of hydroxylamine groups is 5. The van der Waals surface area contributed by atoms with Crippen molar-refractivity contribution in [3.05, 3.63) is 69.2 Å². The van der Waals surface area contributed by atoms with Crippen LogP contribution in [0.3, 0.4) is 0 Å². The van der Waals surface area contributed by atoms with E-state index >= 15 is 0 Å². The molecule has 29 heavy (non-hydrogen) atoms. The number of rotatable bonds is 6. The summed E-state index contributed by atoms with van der Waals surface area (Å²) in [6, 6.07) is 11.4. The Bertz CT molecular complexity index is 1060. The maximum absolute atomic E-state index is 13.6. The Morgan fingerprint density at radius 1 is 1.14 bits per heavy atom. The average Bonchev–Trinajstić information content (AvgIpc) is 3.16. The molecule has 0 spiro atoms. The van der Waals surface area contributed by atoms with Crippen LogP contribution in [-0.4, -0.2) is 33.9 Å². The zero-order valence-corrected chi connectivity index (χ0v) is 16.7. The standard InChI is InChI=1S/C21H24N3O5/c1-22-17(8-15-9-18(28-2)4-5-20(15)22)12-24(27)11-16-6-14(10-23(25)26)7-21(29-3)19(16)13-24/h4-9,25H,10-13H2,1-3H3/q-1. The molecule has 1 N–H and O–H groups in total. The molecule has 1 aliphatic rings. The summed E-state index contributed by atoms with van der Waals surface area (Å²) in [5.41, 5.74) is 4.32. The Kier molecular flexibility index (Phi) is 4.97. The highest BCUT2D eigenvalue weighted by Gasteiger charge is 2.33. The van der Waals surface area contributed by atoms with Crippen molar-refractivity contribution in [1.82, 2.24) is 9.79 Å². The zero-order chi connectivity index (χ0) is 20.8. The lowest BCUT2D eigenvalue weighted by Gasteiger charge is -2.38. The number of quaternary nitrogens is 1. The molecule has 8 heteroatoms. The predicted molar refractivity (Wildman–Crippen MR) is 108 cm³/mol. The van der Waals surface area contributed by atoms with Crippen LogP contribution in [0.2, 0.25) is 0 Å². The van der Waals surface area contributed by atoms with Gasteiger partial charge in [0.1, 0.15) is 31.1 Å². The zero-order valence-electron chi connectivity index (χ0n) is 16.7. The first kappa shape index (κ1) is 19.7. The van der Waals surface area contributed by atoms with Gasteiger partial charge < -0.3 is 34.3 Å². The first-order valence-corrected chi connectivity index (χ1v) is 9.33. The van der Waals surface area contributed by atoms with Crippen LogP contribution in [0.4, 0.5) is 0 Å². The Balaban J connectivity index is 1.64. The molecule has 0 fully saturated rings. The second-order valence-electron chi connectivity index (χ2n) is 7.60. The fraction of sp³-hybridized carbons (Fsp3) is 0.333. The Morgan fingerprint density at radius 3 is 2.62 bits per heavy atom. The summed E-state index contributed by atoms with van der Waals surface area (Å²) >= 11 is 0. The van der Waals surface area contributed by atoms with Crippen LogP contribution in [0, 0.1) is 10.4 Å². The quantitative estimate of drug-likeness (QED) is 0.389. The number of aryl methyl sites for hydroxylation is 1. The van der Waals surface area contributed by atoms with E-state index in [2.05, 4.69) is 0 Å². The Hall–Kier alpha value is -2.62. The van der Waals surface area contributed by atoms with Gasteiger partial charge in [0, 0.05) is 30.1 Å². The Labute approximate surface area is 168 Å². The second kappa shape index (κ2) is 7.33. The van der Waals surface area contributed by atoms with Crippen LogP contribution in [-0.2, 0) is 33.2 Å². The normalized spacial score (nSPS) is 18.4. The van der Waals surface area contributed by atoms with E-state index in [0.717, 1.165) is 33.5 Å². The molecular weight excluding hydrogens is 374 g/mol. The third kappa shape index (κ3) is 3.68. The number of hydrogen-bond acceptors (Lipinski definition) is 6. The van der Waals surface area contributed by atoms with E-state index in [0.29, 0.717) is 24.4 Å². The average molecular weight is 398 g/mol. The number of aromatic nitrogens is 1. The minimum atomic E-state index is -0.434. The molecule has 4 rings (SSSR count). The molecule has 0 bridgehead atoms. The number of benzene rings is 2. The van der Waals surface area contributed by atoms with E-state index in [-0.39, 0.29) is 18.3 Å². The molecule has 0 radical (unpaired) electrons. The van der Waals surface area contributed by atoms with Crippen LogP contribution in [0.25, 0.3) is 10.9 Å². The summed E-state index contributed by atoms with van der Waals surface area (Å²) in [5.74, 6) is 1.36. The monoisotopic (exact) mass is 398 g/mol. The molecule has 2 aromatic carbocycles. The molecule has 1 atom stereocenters. The highest BCUT2D eigenvalue weighted by atomic mass is 16.8. The van der Waals surface area contributed by atoms with Crippen molar-refractivity contribution in [1.29, 1.82) is 0 Å². The third-order valence-electron chi connectivity index (χ3n) is 5.60. The maximum Gasteiger partial charge on any atom is 0.128 e. The van der Waals surface area contributed by atoms with Crippen molar-refractivity contribution in [2.45, 2.75) is 26.2 Å². The number of fused-ring (bicyclic) bond motifs is 2. The lowest BCUT2D eigenvalue weighted by atomic mass is 10.1. The molecule has 154 valence electrons. The molecule has 8 nitrogen and oxygen atoms in total. The van der Waals surface area contributed by atoms with Gasteiger partial charge in [-0.25, -0.2) is 0 Å². The smallest absolute Gasteiger partial charge is 0.128 e. The van der Waals surface area contributed by atoms with Crippen molar-refractivity contribution in [3.63, 3.8) is 0 Å². The third-order valence-corrected chi connectivity index (χ3v) is 5.60. The summed E-state index contributed by atoms with van der Waals surface area (Å²) in [6.07, 6.45) is 0. The fourth-order valence-corrected chi connectivity index (χ4v) is 4.24. The van der Waals surface area contributed by atoms with Crippen LogP contribution < -0.4 is 9.47 Å². The van der Waals surface area contributed by atoms with Gasteiger partial charge in [0.15, 0.2) is 0 Å². The molecule has 1 unspecified atom stereocenters. The van der Waals surface area contributed by atoms with E-state index < -0.39 is 4.65 Å². The highest BCUT2D eigenvalue weighted by molar-refractivity contribution is 5.82. The number of hydrogen-bond donors (Lipinski definition) is 1. The maximum atomic E-state index is 13.6. The molecule has 0 saturated heterocycles. The highest BCUT2D eigenvalue weighted by Crippen LogP contribution is 2.38. The van der Waals surface area contributed by atoms with Crippen LogP contribution in [0.1, 0.15) is 22.4 Å². The molecule has 1 aromatic heterocycles. The van der Waals surface area contributed by atoms with E-state index in [1.165, 1.54) is 0 Å². The molecule has 3 aromatic rings. The number of ether oxygens (including phenoxy) is 2. The first-order valence-electron chi connectivity index (χ1n) is 9.33. The van der Waals surface area contributed by atoms with Gasteiger partial charge in [-0.2, -0.15) is 0 Å². The van der Waals surface area contributed by atoms with Crippen molar-refractivity contribution in [2.75, 3.05) is 14.2 Å². The van der Waals surface area contributed by atoms with Crippen LogP contribution in [0.5, 0.6) is 11.5 Å². The number of methoxy groups -OCH3 is 2. The molecule has 0 saturated carbocycles.